The smallest absolute Gasteiger partial charge is 0.550 e. The van der Waals surface area contributed by atoms with Crippen molar-refractivity contribution in [1.82, 2.24) is 10.6 Å². The second-order valence-electron chi connectivity index (χ2n) is 9.89. The van der Waals surface area contributed by atoms with E-state index >= 15 is 0 Å². The number of thiol groups is 4. The van der Waals surface area contributed by atoms with Crippen molar-refractivity contribution in [2.24, 2.45) is 0 Å². The Labute approximate surface area is 282 Å². The first kappa shape index (κ1) is 45.3. The van der Waals surface area contributed by atoms with Crippen molar-refractivity contribution in [3.63, 3.8) is 0 Å². The minimum Gasteiger partial charge on any atom is -0.550 e. The Morgan fingerprint density at radius 2 is 0.854 bits per heavy atom. The predicted octanol–water partition coefficient (Wildman–Crippen LogP) is 3.18. The third-order valence-electron chi connectivity index (χ3n) is 6.07. The molecule has 41 heavy (non-hydrogen) atoms. The number of rotatable bonds is 26. The van der Waals surface area contributed by atoms with Crippen LogP contribution in [0, 0.1) is 0 Å². The summed E-state index contributed by atoms with van der Waals surface area (Å²) in [5.41, 5.74) is 0. The van der Waals surface area contributed by atoms with Crippen molar-refractivity contribution in [2.45, 2.75) is 126 Å². The Morgan fingerprint density at radius 3 is 1.17 bits per heavy atom. The molecule has 0 aliphatic carbocycles. The standard InChI is InChI=1S/2C14H27NO3S2.Zn/c2*16-13(7-4-3-6-12(20)9-11-19)15-10-5-1-2-8-14(17)18;/h2*12,19-20H,1-11H2,(H,15,16)(H,17,18);/q;;+2/p-2. The molecule has 0 saturated carbocycles. The molecule has 236 valence electrons. The molecule has 0 aromatic heterocycles. The van der Waals surface area contributed by atoms with E-state index < -0.39 is 11.9 Å². The molecular weight excluding hydrogens is 654 g/mol. The zero-order valence-corrected chi connectivity index (χ0v) is 31.2. The number of amides is 2. The van der Waals surface area contributed by atoms with Gasteiger partial charge in [0, 0.05) is 48.4 Å². The van der Waals surface area contributed by atoms with Crippen LogP contribution >= 0.6 is 50.5 Å². The molecule has 8 nitrogen and oxygen atoms in total. The van der Waals surface area contributed by atoms with Crippen LogP contribution in [0.4, 0.5) is 0 Å². The van der Waals surface area contributed by atoms with E-state index in [1.807, 2.05) is 0 Å². The SMILES string of the molecule is O=C([O-])CCCCCNC(=O)CCCCC(S)CCS.O=C([O-])CCCCCNC(=O)CCCCC(S)CCS.[Zn+2]. The van der Waals surface area contributed by atoms with Gasteiger partial charge in [-0.2, -0.15) is 50.5 Å². The maximum atomic E-state index is 11.5. The quantitative estimate of drug-likeness (QED) is 0.0465. The van der Waals surface area contributed by atoms with Crippen LogP contribution in [0.15, 0.2) is 0 Å². The van der Waals surface area contributed by atoms with Crippen LogP contribution < -0.4 is 20.8 Å². The van der Waals surface area contributed by atoms with Gasteiger partial charge < -0.3 is 30.4 Å². The maximum absolute atomic E-state index is 11.5. The molecule has 0 heterocycles. The van der Waals surface area contributed by atoms with Gasteiger partial charge in [0.25, 0.3) is 0 Å². The molecule has 0 aromatic carbocycles. The van der Waals surface area contributed by atoms with Crippen molar-refractivity contribution >= 4 is 74.3 Å². The molecule has 2 N–H and O–H groups in total. The van der Waals surface area contributed by atoms with Crippen molar-refractivity contribution in [2.75, 3.05) is 24.6 Å². The van der Waals surface area contributed by atoms with E-state index in [0.717, 1.165) is 88.6 Å². The Bertz CT molecular complexity index is 611. The molecule has 0 fully saturated rings. The average Bonchev–Trinajstić information content (AvgIpc) is 2.89. The number of carboxylic acids is 2. The molecule has 0 aromatic rings. The second-order valence-corrected chi connectivity index (χ2v) is 12.2. The number of nitrogens with one attached hydrogen (secondary N) is 2. The van der Waals surface area contributed by atoms with Gasteiger partial charge in [0.2, 0.25) is 11.8 Å². The van der Waals surface area contributed by atoms with E-state index in [9.17, 15) is 29.4 Å². The fraction of sp³-hybridized carbons (Fsp3) is 0.857. The predicted molar refractivity (Wildman–Crippen MR) is 172 cm³/mol. The molecule has 0 spiro atoms. The van der Waals surface area contributed by atoms with Gasteiger partial charge in [-0.25, -0.2) is 0 Å². The first-order chi connectivity index (χ1) is 19.1. The van der Waals surface area contributed by atoms with E-state index in [4.69, 9.17) is 0 Å². The first-order valence-corrected chi connectivity index (χ1v) is 16.9. The van der Waals surface area contributed by atoms with Crippen molar-refractivity contribution in [1.29, 1.82) is 0 Å². The van der Waals surface area contributed by atoms with E-state index in [-0.39, 0.29) is 44.1 Å². The number of hydrogen-bond acceptors (Lipinski definition) is 10. The van der Waals surface area contributed by atoms with Crippen molar-refractivity contribution < 1.29 is 48.9 Å². The zero-order chi connectivity index (χ0) is 30.4. The van der Waals surface area contributed by atoms with Gasteiger partial charge >= 0.3 is 19.5 Å². The van der Waals surface area contributed by atoms with E-state index in [2.05, 4.69) is 61.1 Å². The summed E-state index contributed by atoms with van der Waals surface area (Å²) in [4.78, 5) is 43.4. The van der Waals surface area contributed by atoms with Crippen LogP contribution in [0.1, 0.15) is 116 Å². The summed E-state index contributed by atoms with van der Waals surface area (Å²) < 4.78 is 0. The van der Waals surface area contributed by atoms with Crippen LogP contribution in [0.5, 0.6) is 0 Å². The summed E-state index contributed by atoms with van der Waals surface area (Å²) in [7, 11) is 0. The number of hydrogen-bond donors (Lipinski definition) is 6. The van der Waals surface area contributed by atoms with Gasteiger partial charge in [-0.05, 0) is 88.6 Å². The number of carboxylic acid groups (broad SMARTS) is 2. The van der Waals surface area contributed by atoms with Gasteiger partial charge in [-0.15, -0.1) is 0 Å². The van der Waals surface area contributed by atoms with Gasteiger partial charge in [0.1, 0.15) is 0 Å². The Morgan fingerprint density at radius 1 is 0.512 bits per heavy atom. The van der Waals surface area contributed by atoms with Crippen molar-refractivity contribution in [3.8, 4) is 0 Å². The molecule has 2 unspecified atom stereocenters. The Balaban J connectivity index is -0.000000688. The summed E-state index contributed by atoms with van der Waals surface area (Å²) in [5, 5.41) is 26.8. The molecule has 2 atom stereocenters. The van der Waals surface area contributed by atoms with Crippen LogP contribution in [-0.4, -0.2) is 58.8 Å². The van der Waals surface area contributed by atoms with Gasteiger partial charge in [0.05, 0.1) is 0 Å². The third-order valence-corrected chi connectivity index (χ3v) is 7.62. The summed E-state index contributed by atoms with van der Waals surface area (Å²) in [6.07, 6.45) is 13.7. The number of unbranched alkanes of at least 4 members (excludes halogenated alkanes) is 6. The fourth-order valence-electron chi connectivity index (χ4n) is 3.69. The molecule has 0 saturated heterocycles. The van der Waals surface area contributed by atoms with Gasteiger partial charge in [0.15, 0.2) is 0 Å². The first-order valence-electron chi connectivity index (χ1n) is 14.6. The maximum Gasteiger partial charge on any atom is 2.00 e. The summed E-state index contributed by atoms with van der Waals surface area (Å²) in [6, 6.07) is 0. The van der Waals surface area contributed by atoms with E-state index in [0.29, 0.717) is 49.3 Å². The second kappa shape index (κ2) is 34.4. The molecular formula is C28H52N2O6S4Zn. The van der Waals surface area contributed by atoms with Crippen LogP contribution in [0.25, 0.3) is 0 Å². The molecule has 0 aliphatic rings. The van der Waals surface area contributed by atoms with Crippen LogP contribution in [0.3, 0.4) is 0 Å². The normalized spacial score (nSPS) is 11.8. The summed E-state index contributed by atoms with van der Waals surface area (Å²) >= 11 is 17.2. The van der Waals surface area contributed by atoms with Gasteiger partial charge in [-0.3, -0.25) is 9.59 Å². The molecule has 2 amide bonds. The molecule has 0 bridgehead atoms. The molecule has 0 radical (unpaired) electrons. The van der Waals surface area contributed by atoms with Gasteiger partial charge in [-0.1, -0.05) is 25.7 Å². The topological polar surface area (TPSA) is 138 Å². The molecule has 0 rings (SSSR count). The van der Waals surface area contributed by atoms with Crippen LogP contribution in [0.2, 0.25) is 0 Å². The monoisotopic (exact) mass is 704 g/mol. The number of carbonyl (C=O) groups is 4. The summed E-state index contributed by atoms with van der Waals surface area (Å²) in [6.45, 7) is 1.25. The molecule has 13 heteroatoms. The fourth-order valence-corrected chi connectivity index (χ4v) is 5.35. The zero-order valence-electron chi connectivity index (χ0n) is 24.7. The average molecular weight is 706 g/mol. The van der Waals surface area contributed by atoms with Crippen molar-refractivity contribution in [3.05, 3.63) is 0 Å². The molecule has 0 aliphatic heterocycles. The summed E-state index contributed by atoms with van der Waals surface area (Å²) in [5.74, 6) is -0.146. The van der Waals surface area contributed by atoms with Crippen LogP contribution in [-0.2, 0) is 38.7 Å². The van der Waals surface area contributed by atoms with E-state index in [1.165, 1.54) is 0 Å². The Kier molecular flexibility index (Phi) is 38.0. The third kappa shape index (κ3) is 39.9. The number of aliphatic carboxylic acids is 2. The van der Waals surface area contributed by atoms with E-state index in [1.54, 1.807) is 0 Å². The largest absolute Gasteiger partial charge is 2.00 e. The minimum absolute atomic E-state index is 0. The minimum atomic E-state index is -1.01. The number of carbonyl (C=O) groups excluding carboxylic acids is 4. The Hall–Kier alpha value is -0.0966.